The molecule has 12 aromatic rings. The van der Waals surface area contributed by atoms with Gasteiger partial charge in [-0.3, -0.25) is 38.7 Å². The first kappa shape index (κ1) is 80.2. The molecule has 6 aliphatic heterocycles. The monoisotopic (exact) mass is 1640 g/mol. The minimum Gasteiger partial charge on any atom is -0.493 e. The SMILES string of the molecule is CN(C)c1ccc(C=C2C(=O)Nc3ncccc32)cc1.COc1cc(C=C2C(=O)Nc3cccnc32)cc(OC)c1OC.COc1cc(C=C2C(=O)Nc3nccc(Cl)c32)cc(OC)c1OC.O=C1Nc2cccnc2/C1=C/c1cccs1.O=C1Nc2nccc(Cl)c2/C1=C/c1cccs1.O=C1Nc2ncccc2/C1=C/c1cccs1. The molecule has 0 atom stereocenters. The average Bonchev–Trinajstić information content (AvgIpc) is 1.63. The van der Waals surface area contributed by atoms with E-state index in [-0.39, 0.29) is 35.4 Å². The molecule has 25 nitrogen and oxygen atoms in total. The van der Waals surface area contributed by atoms with Gasteiger partial charge in [-0.15, -0.1) is 34.0 Å². The Morgan fingerprint density at radius 2 is 0.672 bits per heavy atom. The number of benzene rings is 3. The number of ether oxygens (including phenoxy) is 6. The van der Waals surface area contributed by atoms with Crippen LogP contribution in [-0.4, -0.2) is 122 Å². The smallest absolute Gasteiger partial charge is 0.258 e. The zero-order valence-electron chi connectivity index (χ0n) is 63.0. The Bertz CT molecular complexity index is 5810. The maximum Gasteiger partial charge on any atom is 0.258 e. The van der Waals surface area contributed by atoms with Crippen LogP contribution in [0, 0.1) is 0 Å². The summed E-state index contributed by atoms with van der Waals surface area (Å²) in [5.41, 5.74) is 12.9. The predicted octanol–water partition coefficient (Wildman–Crippen LogP) is 17.1. The van der Waals surface area contributed by atoms with Crippen LogP contribution in [0.4, 0.5) is 40.3 Å². The lowest BCUT2D eigenvalue weighted by molar-refractivity contribution is -0.111. The first-order valence-electron chi connectivity index (χ1n) is 35.1. The largest absolute Gasteiger partial charge is 0.493 e. The molecule has 3 aromatic carbocycles. The molecule has 30 heteroatoms. The van der Waals surface area contributed by atoms with Gasteiger partial charge in [0.1, 0.15) is 23.3 Å². The van der Waals surface area contributed by atoms with Crippen molar-refractivity contribution >= 4 is 203 Å². The number of nitrogens with zero attached hydrogens (tertiary/aromatic N) is 7. The number of aromatic nitrogens is 6. The molecular weight excluding hydrogens is 1570 g/mol. The fraction of sp³-hybridized carbons (Fsp3) is 0.0930. The molecule has 0 aliphatic carbocycles. The number of carbonyl (C=O) groups is 6. The van der Waals surface area contributed by atoms with E-state index >= 15 is 0 Å². The first-order valence-corrected chi connectivity index (χ1v) is 38.5. The van der Waals surface area contributed by atoms with Crippen molar-refractivity contribution in [3.8, 4) is 34.5 Å². The van der Waals surface area contributed by atoms with Crippen LogP contribution in [0.25, 0.3) is 69.9 Å². The van der Waals surface area contributed by atoms with E-state index in [4.69, 9.17) is 51.6 Å². The highest BCUT2D eigenvalue weighted by atomic mass is 35.5. The number of amides is 6. The van der Waals surface area contributed by atoms with E-state index in [0.29, 0.717) is 129 Å². The Kier molecular flexibility index (Phi) is 25.4. The van der Waals surface area contributed by atoms with Crippen LogP contribution in [0.1, 0.15) is 65.0 Å². The zero-order chi connectivity index (χ0) is 81.5. The molecule has 0 radical (unpaired) electrons. The quantitative estimate of drug-likeness (QED) is 0.0584. The molecule has 0 fully saturated rings. The van der Waals surface area contributed by atoms with Crippen molar-refractivity contribution in [1.82, 2.24) is 29.9 Å². The molecule has 0 unspecified atom stereocenters. The molecule has 15 heterocycles. The summed E-state index contributed by atoms with van der Waals surface area (Å²) >= 11 is 17.1. The highest BCUT2D eigenvalue weighted by molar-refractivity contribution is 7.11. The number of carbonyl (C=O) groups excluding carboxylic acids is 6. The van der Waals surface area contributed by atoms with Crippen molar-refractivity contribution in [2.24, 2.45) is 0 Å². The molecule has 6 aliphatic rings. The lowest BCUT2D eigenvalue weighted by Crippen LogP contribution is -2.08. The normalized spacial score (nSPS) is 15.3. The molecule has 6 N–H and O–H groups in total. The fourth-order valence-corrected chi connectivity index (χ4v) is 14.8. The molecular formula is C86H69Cl2N13O12S3. The molecule has 582 valence electrons. The third kappa shape index (κ3) is 18.1. The van der Waals surface area contributed by atoms with E-state index in [9.17, 15) is 28.8 Å². The molecule has 0 saturated heterocycles. The van der Waals surface area contributed by atoms with Crippen molar-refractivity contribution < 1.29 is 57.2 Å². The highest BCUT2D eigenvalue weighted by Crippen LogP contribution is 2.44. The van der Waals surface area contributed by atoms with Gasteiger partial charge in [0, 0.05) is 93.8 Å². The Labute approximate surface area is 687 Å². The average molecular weight is 1640 g/mol. The van der Waals surface area contributed by atoms with Gasteiger partial charge in [0.2, 0.25) is 11.5 Å². The Morgan fingerprint density at radius 3 is 1.08 bits per heavy atom. The van der Waals surface area contributed by atoms with Gasteiger partial charge >= 0.3 is 0 Å². The second-order valence-electron chi connectivity index (χ2n) is 25.2. The van der Waals surface area contributed by atoms with Crippen molar-refractivity contribution in [3.05, 3.63) is 274 Å². The number of fused-ring (bicyclic) bond motifs is 6. The third-order valence-corrected chi connectivity index (χ3v) is 20.8. The molecule has 116 heavy (non-hydrogen) atoms. The molecule has 6 amide bonds. The molecule has 0 saturated carbocycles. The van der Waals surface area contributed by atoms with E-state index in [2.05, 4.69) is 61.8 Å². The number of pyridine rings is 6. The van der Waals surface area contributed by atoms with Crippen molar-refractivity contribution in [2.75, 3.05) is 93.6 Å². The number of thiophene rings is 3. The molecule has 0 bridgehead atoms. The van der Waals surface area contributed by atoms with Crippen LogP contribution in [0.2, 0.25) is 10.0 Å². The fourth-order valence-electron chi connectivity index (χ4n) is 12.3. The molecule has 9 aromatic heterocycles. The van der Waals surface area contributed by atoms with Crippen molar-refractivity contribution in [3.63, 3.8) is 0 Å². The number of methoxy groups -OCH3 is 6. The van der Waals surface area contributed by atoms with Gasteiger partial charge in [0.25, 0.3) is 35.4 Å². The predicted molar refractivity (Wildman–Crippen MR) is 460 cm³/mol. The topological polar surface area (TPSA) is 311 Å². The Hall–Kier alpha value is -13.9. The number of hydrogen-bond acceptors (Lipinski definition) is 22. The Morgan fingerprint density at radius 1 is 0.336 bits per heavy atom. The summed E-state index contributed by atoms with van der Waals surface area (Å²) in [5.74, 6) is 4.43. The summed E-state index contributed by atoms with van der Waals surface area (Å²) in [5, 5.41) is 23.4. The van der Waals surface area contributed by atoms with Crippen LogP contribution in [0.5, 0.6) is 34.5 Å². The second kappa shape index (κ2) is 36.7. The first-order chi connectivity index (χ1) is 56.3. The van der Waals surface area contributed by atoms with E-state index in [1.165, 1.54) is 21.3 Å². The van der Waals surface area contributed by atoms with Crippen LogP contribution < -0.4 is 65.2 Å². The number of rotatable bonds is 13. The summed E-state index contributed by atoms with van der Waals surface area (Å²) in [4.78, 5) is 102. The van der Waals surface area contributed by atoms with E-state index in [1.807, 2.05) is 163 Å². The van der Waals surface area contributed by atoms with Gasteiger partial charge in [-0.1, -0.05) is 53.5 Å². The van der Waals surface area contributed by atoms with Crippen LogP contribution in [-0.2, 0) is 28.8 Å². The second-order valence-corrected chi connectivity index (χ2v) is 28.9. The van der Waals surface area contributed by atoms with E-state index < -0.39 is 0 Å². The summed E-state index contributed by atoms with van der Waals surface area (Å²) in [7, 11) is 13.2. The lowest BCUT2D eigenvalue weighted by atomic mass is 10.0. The van der Waals surface area contributed by atoms with Crippen LogP contribution in [0.3, 0.4) is 0 Å². The van der Waals surface area contributed by atoms with Gasteiger partial charge in [-0.2, -0.15) is 0 Å². The van der Waals surface area contributed by atoms with E-state index in [0.717, 1.165) is 54.0 Å². The maximum absolute atomic E-state index is 12.3. The molecule has 0 spiro atoms. The van der Waals surface area contributed by atoms with Gasteiger partial charge in [-0.05, 0) is 185 Å². The maximum atomic E-state index is 12.3. The summed E-state index contributed by atoms with van der Waals surface area (Å²) < 4.78 is 31.9. The summed E-state index contributed by atoms with van der Waals surface area (Å²) in [6, 6.07) is 45.0. The lowest BCUT2D eigenvalue weighted by Gasteiger charge is -2.13. The summed E-state index contributed by atoms with van der Waals surface area (Å²) in [6.45, 7) is 0. The highest BCUT2D eigenvalue weighted by Gasteiger charge is 2.32. The number of halogens is 2. The van der Waals surface area contributed by atoms with E-state index in [1.54, 1.807) is 147 Å². The Balaban J connectivity index is 0.000000122. The van der Waals surface area contributed by atoms with Crippen molar-refractivity contribution in [2.45, 2.75) is 0 Å². The minimum absolute atomic E-state index is 0.0814. The van der Waals surface area contributed by atoms with Crippen molar-refractivity contribution in [1.29, 1.82) is 0 Å². The van der Waals surface area contributed by atoms with Gasteiger partial charge in [-0.25, -0.2) is 19.9 Å². The summed E-state index contributed by atoms with van der Waals surface area (Å²) in [6.07, 6.45) is 20.8. The molecule has 18 rings (SSSR count). The van der Waals surface area contributed by atoms with Gasteiger partial charge < -0.3 is 65.2 Å². The third-order valence-electron chi connectivity index (χ3n) is 17.8. The zero-order valence-corrected chi connectivity index (χ0v) is 67.0. The number of nitrogens with one attached hydrogen (secondary N) is 6. The van der Waals surface area contributed by atoms with Crippen LogP contribution in [0.15, 0.2) is 199 Å². The van der Waals surface area contributed by atoms with Crippen LogP contribution >= 0.6 is 57.2 Å². The number of hydrogen-bond donors (Lipinski definition) is 6. The van der Waals surface area contributed by atoms with Gasteiger partial charge in [0.15, 0.2) is 23.0 Å². The standard InChI is InChI=1S/C17H15ClN2O4.C17H16N2O4.C16H15N3O.C12H7ClN2OS.2C12H8N2OS/c1-22-12-7-9(8-13(23-2)15(12)24-3)6-10-14-11(18)4-5-19-16(14)20-17(10)21;1-21-13-8-10(9-14(22-2)16(13)23-3)7-11-15-12(19-17(11)20)5-4-6-18-15;1-19(2)12-7-5-11(6-8-12)10-14-13-4-3-9-17-15(13)18-16(14)20;13-9-3-4-14-11-10(9)8(12(16)15-11)6-7-2-1-5-17-7;15-12-9(7-8-3-2-6-16-8)11-10(14-12)4-1-5-13-11;15-12-10(7-8-3-2-6-16-8)9-4-1-5-13-11(9)14-12/h4-8H,1-3H3,(H,19,20,21);4-9H,1-3H3,(H,19,20);3-10H,1-2H3,(H,17,18,20);1-6H,(H,14,15,16);1-7H,(H,14,15);1-7H,(H,13,14,15)/b;;;8-6-;9-7-;10-7-. The minimum atomic E-state index is -0.264. The van der Waals surface area contributed by atoms with Gasteiger partial charge in [0.05, 0.1) is 109 Å². The number of anilines is 7.